The van der Waals surface area contributed by atoms with Crippen LogP contribution in [0.25, 0.3) is 0 Å². The van der Waals surface area contributed by atoms with E-state index in [4.69, 9.17) is 9.26 Å². The van der Waals surface area contributed by atoms with Crippen LogP contribution in [0.2, 0.25) is 0 Å². The predicted octanol–water partition coefficient (Wildman–Crippen LogP) is 3.12. The quantitative estimate of drug-likeness (QED) is 0.894. The zero-order valence-corrected chi connectivity index (χ0v) is 15.6. The van der Waals surface area contributed by atoms with Crippen molar-refractivity contribution in [3.8, 4) is 0 Å². The normalized spacial score (nSPS) is 27.9. The third-order valence-electron chi connectivity index (χ3n) is 5.34. The number of ether oxygens (including phenoxy) is 1. The summed E-state index contributed by atoms with van der Waals surface area (Å²) in [6.45, 7) is 12.3. The van der Waals surface area contributed by atoms with Gasteiger partial charge in [0, 0.05) is 31.8 Å². The maximum absolute atomic E-state index is 10.4. The van der Waals surface area contributed by atoms with Gasteiger partial charge in [-0.25, -0.2) is 0 Å². The van der Waals surface area contributed by atoms with Gasteiger partial charge in [-0.05, 0) is 18.3 Å². The highest BCUT2D eigenvalue weighted by Crippen LogP contribution is 2.42. The smallest absolute Gasteiger partial charge is 0.324 e. The van der Waals surface area contributed by atoms with Crippen LogP contribution < -0.4 is 4.90 Å². The Morgan fingerprint density at radius 2 is 1.92 bits per heavy atom. The van der Waals surface area contributed by atoms with Gasteiger partial charge >= 0.3 is 6.01 Å². The number of hydrogen-bond donors (Lipinski definition) is 1. The Hall–Kier alpha value is -1.14. The fourth-order valence-corrected chi connectivity index (χ4v) is 3.71. The van der Waals surface area contributed by atoms with Crippen LogP contribution in [0.4, 0.5) is 6.01 Å². The minimum Gasteiger partial charge on any atom is -0.393 e. The van der Waals surface area contributed by atoms with Crippen molar-refractivity contribution in [1.29, 1.82) is 0 Å². The maximum atomic E-state index is 10.4. The molecule has 1 aromatic rings. The molecule has 2 aliphatic rings. The first-order valence-electron chi connectivity index (χ1n) is 9.13. The van der Waals surface area contributed by atoms with E-state index in [0.717, 1.165) is 44.6 Å². The zero-order valence-electron chi connectivity index (χ0n) is 15.6. The molecular weight excluding hydrogens is 306 g/mol. The van der Waals surface area contributed by atoms with Gasteiger partial charge < -0.3 is 19.3 Å². The fraction of sp³-hybridized carbons (Fsp3) is 0.889. The molecule has 2 aliphatic heterocycles. The largest absolute Gasteiger partial charge is 0.393 e. The average Bonchev–Trinajstić information content (AvgIpc) is 2.96. The molecule has 6 nitrogen and oxygen atoms in total. The summed E-state index contributed by atoms with van der Waals surface area (Å²) in [5.74, 6) is 1.02. The summed E-state index contributed by atoms with van der Waals surface area (Å²) in [5, 5.41) is 14.4. The Morgan fingerprint density at radius 1 is 1.25 bits per heavy atom. The summed E-state index contributed by atoms with van der Waals surface area (Å²) in [4.78, 5) is 6.63. The maximum Gasteiger partial charge on any atom is 0.324 e. The molecule has 3 rings (SSSR count). The second-order valence-electron chi connectivity index (χ2n) is 8.83. The van der Waals surface area contributed by atoms with E-state index in [-0.39, 0.29) is 29.1 Å². The van der Waals surface area contributed by atoms with Crippen molar-refractivity contribution in [3.05, 3.63) is 5.82 Å². The first kappa shape index (κ1) is 17.7. The average molecular weight is 337 g/mol. The van der Waals surface area contributed by atoms with E-state index in [1.807, 2.05) is 0 Å². The molecule has 24 heavy (non-hydrogen) atoms. The zero-order chi connectivity index (χ0) is 17.5. The molecule has 1 aromatic heterocycles. The highest BCUT2D eigenvalue weighted by molar-refractivity contribution is 5.27. The molecule has 0 unspecified atom stereocenters. The van der Waals surface area contributed by atoms with E-state index >= 15 is 0 Å². The summed E-state index contributed by atoms with van der Waals surface area (Å²) >= 11 is 0. The Labute approximate surface area is 144 Å². The predicted molar refractivity (Wildman–Crippen MR) is 92.1 cm³/mol. The van der Waals surface area contributed by atoms with Crippen LogP contribution in [0, 0.1) is 5.41 Å². The van der Waals surface area contributed by atoms with Crippen LogP contribution in [0.15, 0.2) is 4.52 Å². The number of rotatable bonds is 2. The standard InChI is InChI=1S/C18H31N3O3/c1-12(2)15-19-16(24-20-15)21-8-6-18(7-9-21)11-13(22)10-14(23-18)17(3,4)5/h12-14,22H,6-11H2,1-5H3/t13-,14-/m1/s1. The van der Waals surface area contributed by atoms with Crippen LogP contribution in [-0.2, 0) is 4.74 Å². The number of aliphatic hydroxyl groups is 1. The first-order chi connectivity index (χ1) is 11.2. The van der Waals surface area contributed by atoms with Crippen molar-refractivity contribution >= 4 is 6.01 Å². The van der Waals surface area contributed by atoms with Crippen molar-refractivity contribution in [1.82, 2.24) is 10.1 Å². The van der Waals surface area contributed by atoms with Crippen molar-refractivity contribution in [3.63, 3.8) is 0 Å². The van der Waals surface area contributed by atoms with Crippen LogP contribution in [0.3, 0.4) is 0 Å². The van der Waals surface area contributed by atoms with Crippen molar-refractivity contribution in [2.75, 3.05) is 18.0 Å². The Morgan fingerprint density at radius 3 is 2.46 bits per heavy atom. The SMILES string of the molecule is CC(C)c1noc(N2CCC3(CC2)C[C@H](O)C[C@H](C(C)(C)C)O3)n1. The third-order valence-corrected chi connectivity index (χ3v) is 5.34. The molecule has 0 aromatic carbocycles. The minimum absolute atomic E-state index is 0.0458. The van der Waals surface area contributed by atoms with Gasteiger partial charge in [-0.3, -0.25) is 0 Å². The monoisotopic (exact) mass is 337 g/mol. The topological polar surface area (TPSA) is 71.6 Å². The van der Waals surface area contributed by atoms with Crippen LogP contribution in [-0.4, -0.2) is 46.1 Å². The highest BCUT2D eigenvalue weighted by Gasteiger charge is 2.46. The van der Waals surface area contributed by atoms with E-state index in [9.17, 15) is 5.11 Å². The second-order valence-corrected chi connectivity index (χ2v) is 8.83. The van der Waals surface area contributed by atoms with Gasteiger partial charge in [0.05, 0.1) is 17.8 Å². The lowest BCUT2D eigenvalue weighted by Crippen LogP contribution is -2.55. The minimum atomic E-state index is -0.273. The fourth-order valence-electron chi connectivity index (χ4n) is 3.71. The number of anilines is 1. The molecule has 0 bridgehead atoms. The van der Waals surface area contributed by atoms with Crippen LogP contribution >= 0.6 is 0 Å². The number of hydrogen-bond acceptors (Lipinski definition) is 6. The molecule has 1 spiro atoms. The van der Waals surface area contributed by atoms with Gasteiger partial charge in [0.1, 0.15) is 0 Å². The van der Waals surface area contributed by atoms with Crippen molar-refractivity contribution < 1.29 is 14.4 Å². The van der Waals surface area contributed by atoms with Gasteiger partial charge in [0.2, 0.25) is 0 Å². The summed E-state index contributed by atoms with van der Waals surface area (Å²) in [6, 6.07) is 0.609. The number of nitrogens with zero attached hydrogens (tertiary/aromatic N) is 3. The molecule has 0 aliphatic carbocycles. The molecule has 2 fully saturated rings. The van der Waals surface area contributed by atoms with Crippen LogP contribution in [0.5, 0.6) is 0 Å². The molecule has 1 N–H and O–H groups in total. The van der Waals surface area contributed by atoms with E-state index in [1.54, 1.807) is 0 Å². The van der Waals surface area contributed by atoms with Gasteiger partial charge in [0.15, 0.2) is 5.82 Å². The molecule has 2 atom stereocenters. The molecule has 0 saturated carbocycles. The van der Waals surface area contributed by atoms with Gasteiger partial charge in [-0.2, -0.15) is 4.98 Å². The number of piperidine rings is 1. The molecule has 0 radical (unpaired) electrons. The van der Waals surface area contributed by atoms with Crippen LogP contribution in [0.1, 0.15) is 72.0 Å². The Balaban J connectivity index is 1.66. The lowest BCUT2D eigenvalue weighted by Gasteiger charge is -2.50. The van der Waals surface area contributed by atoms with E-state index in [1.165, 1.54) is 0 Å². The van der Waals surface area contributed by atoms with Crippen molar-refractivity contribution in [2.24, 2.45) is 5.41 Å². The summed E-state index contributed by atoms with van der Waals surface area (Å²) in [5.41, 5.74) is -0.169. The van der Waals surface area contributed by atoms with Gasteiger partial charge in [-0.1, -0.05) is 39.8 Å². The summed E-state index contributed by atoms with van der Waals surface area (Å²) in [7, 11) is 0. The number of aliphatic hydroxyl groups excluding tert-OH is 1. The van der Waals surface area contributed by atoms with Crippen molar-refractivity contribution in [2.45, 2.75) is 84.0 Å². The molecule has 0 amide bonds. The lowest BCUT2D eigenvalue weighted by molar-refractivity contribution is -0.199. The van der Waals surface area contributed by atoms with E-state index in [2.05, 4.69) is 49.7 Å². The lowest BCUT2D eigenvalue weighted by atomic mass is 9.76. The Kier molecular flexibility index (Phi) is 4.64. The van der Waals surface area contributed by atoms with Gasteiger partial charge in [0.25, 0.3) is 0 Å². The Bertz CT molecular complexity index is 556. The molecule has 6 heteroatoms. The second kappa shape index (κ2) is 6.30. The summed E-state index contributed by atoms with van der Waals surface area (Å²) < 4.78 is 11.9. The molecule has 136 valence electrons. The highest BCUT2D eigenvalue weighted by atomic mass is 16.5. The van der Waals surface area contributed by atoms with E-state index < -0.39 is 0 Å². The van der Waals surface area contributed by atoms with E-state index in [0.29, 0.717) is 6.01 Å². The molecule has 3 heterocycles. The number of aromatic nitrogens is 2. The first-order valence-corrected chi connectivity index (χ1v) is 9.13. The molecule has 2 saturated heterocycles. The third kappa shape index (κ3) is 3.59. The molecular formula is C18H31N3O3. The van der Waals surface area contributed by atoms with Gasteiger partial charge in [-0.15, -0.1) is 0 Å². The summed E-state index contributed by atoms with van der Waals surface area (Å²) in [6.07, 6.45) is 3.06.